The monoisotopic (exact) mass is 494 g/mol. The van der Waals surface area contributed by atoms with Gasteiger partial charge in [-0.15, -0.1) is 0 Å². The lowest BCUT2D eigenvalue weighted by Gasteiger charge is -2.40. The lowest BCUT2D eigenvalue weighted by atomic mass is 9.83. The molecule has 2 fully saturated rings. The van der Waals surface area contributed by atoms with E-state index in [0.29, 0.717) is 36.7 Å². The Morgan fingerprint density at radius 2 is 1.64 bits per heavy atom. The average molecular weight is 495 g/mol. The second-order valence-corrected chi connectivity index (χ2v) is 9.35. The molecule has 4 rings (SSSR count). The van der Waals surface area contributed by atoms with Crippen molar-refractivity contribution in [2.24, 2.45) is 5.92 Å². The van der Waals surface area contributed by atoms with E-state index in [-0.39, 0.29) is 24.8 Å². The van der Waals surface area contributed by atoms with E-state index in [4.69, 9.17) is 14.2 Å². The highest BCUT2D eigenvalue weighted by molar-refractivity contribution is 5.97. The van der Waals surface area contributed by atoms with Gasteiger partial charge in [0.15, 0.2) is 18.1 Å². The topological polar surface area (TPSA) is 85.4 Å². The Bertz CT molecular complexity index is 1090. The summed E-state index contributed by atoms with van der Waals surface area (Å²) in [7, 11) is 3.10. The number of likely N-dealkylation sites (tertiary alicyclic amines) is 1. The average Bonchev–Trinajstić information content (AvgIpc) is 2.92. The zero-order valence-corrected chi connectivity index (χ0v) is 21.2. The van der Waals surface area contributed by atoms with Crippen LogP contribution in [0.5, 0.6) is 11.5 Å². The Morgan fingerprint density at radius 3 is 2.31 bits per heavy atom. The molecule has 2 atom stereocenters. The van der Waals surface area contributed by atoms with Gasteiger partial charge >= 0.3 is 5.97 Å². The predicted molar refractivity (Wildman–Crippen MR) is 135 cm³/mol. The number of benzene rings is 2. The van der Waals surface area contributed by atoms with Crippen LogP contribution in [0.1, 0.15) is 49.3 Å². The molecule has 2 unspecified atom stereocenters. The lowest BCUT2D eigenvalue weighted by molar-refractivity contribution is -0.157. The first kappa shape index (κ1) is 25.5. The normalized spacial score (nSPS) is 20.1. The van der Waals surface area contributed by atoms with Crippen molar-refractivity contribution in [3.8, 4) is 11.5 Å². The number of ether oxygens (including phenoxy) is 3. The fraction of sp³-hybridized carbons (Fsp3) is 0.464. The van der Waals surface area contributed by atoms with E-state index < -0.39 is 17.9 Å². The summed E-state index contributed by atoms with van der Waals surface area (Å²) in [6, 6.07) is 12.4. The molecule has 2 aliphatic heterocycles. The van der Waals surface area contributed by atoms with Gasteiger partial charge in [0.1, 0.15) is 0 Å². The number of esters is 1. The van der Waals surface area contributed by atoms with Crippen LogP contribution >= 0.6 is 0 Å². The Kier molecular flexibility index (Phi) is 8.13. The first-order chi connectivity index (χ1) is 17.4. The van der Waals surface area contributed by atoms with Crippen molar-refractivity contribution in [3.63, 3.8) is 0 Å². The van der Waals surface area contributed by atoms with Crippen LogP contribution in [0.15, 0.2) is 42.5 Å². The molecule has 2 aliphatic rings. The largest absolute Gasteiger partial charge is 0.493 e. The van der Waals surface area contributed by atoms with Crippen LogP contribution in [-0.4, -0.2) is 56.6 Å². The molecule has 8 heteroatoms. The SMILES string of the molecule is COc1ccc(C2C(C(=O)OCC(=O)N3CCCCC3)CCC(=O)N2c2ccc(C)cc2)cc1OC. The van der Waals surface area contributed by atoms with Gasteiger partial charge in [0.2, 0.25) is 5.91 Å². The van der Waals surface area contributed by atoms with Gasteiger partial charge in [0.25, 0.3) is 5.91 Å². The van der Waals surface area contributed by atoms with Crippen molar-refractivity contribution >= 4 is 23.5 Å². The number of nitrogens with zero attached hydrogens (tertiary/aromatic N) is 2. The highest BCUT2D eigenvalue weighted by Gasteiger charge is 2.43. The van der Waals surface area contributed by atoms with Crippen molar-refractivity contribution in [1.29, 1.82) is 0 Å². The number of carbonyl (C=O) groups is 3. The summed E-state index contributed by atoms with van der Waals surface area (Å²) >= 11 is 0. The van der Waals surface area contributed by atoms with Crippen LogP contribution in [-0.2, 0) is 19.1 Å². The molecule has 2 aromatic rings. The third-order valence-corrected chi connectivity index (χ3v) is 7.01. The van der Waals surface area contributed by atoms with Crippen LogP contribution < -0.4 is 14.4 Å². The Hall–Kier alpha value is -3.55. The van der Waals surface area contributed by atoms with Crippen molar-refractivity contribution < 1.29 is 28.6 Å². The number of aryl methyl sites for hydroxylation is 1. The number of anilines is 1. The fourth-order valence-corrected chi connectivity index (χ4v) is 5.04. The highest BCUT2D eigenvalue weighted by Crippen LogP contribution is 2.42. The third-order valence-electron chi connectivity index (χ3n) is 7.01. The molecular weight excluding hydrogens is 460 g/mol. The van der Waals surface area contributed by atoms with Gasteiger partial charge in [-0.3, -0.25) is 14.4 Å². The highest BCUT2D eigenvalue weighted by atomic mass is 16.5. The summed E-state index contributed by atoms with van der Waals surface area (Å²) < 4.78 is 16.4. The Balaban J connectivity index is 1.64. The summed E-state index contributed by atoms with van der Waals surface area (Å²) in [4.78, 5) is 42.7. The number of hydrogen-bond donors (Lipinski definition) is 0. The van der Waals surface area contributed by atoms with Gasteiger partial charge in [0, 0.05) is 25.2 Å². The summed E-state index contributed by atoms with van der Waals surface area (Å²) in [5, 5.41) is 0. The van der Waals surface area contributed by atoms with Crippen LogP contribution in [0, 0.1) is 12.8 Å². The van der Waals surface area contributed by atoms with Crippen LogP contribution in [0.2, 0.25) is 0 Å². The lowest BCUT2D eigenvalue weighted by Crippen LogP contribution is -2.46. The molecule has 2 saturated heterocycles. The molecule has 0 bridgehead atoms. The van der Waals surface area contributed by atoms with Gasteiger partial charge in [-0.25, -0.2) is 0 Å². The smallest absolute Gasteiger partial charge is 0.311 e. The summed E-state index contributed by atoms with van der Waals surface area (Å²) in [5.41, 5.74) is 2.50. The van der Waals surface area contributed by atoms with Crippen molar-refractivity contribution in [2.75, 3.05) is 38.8 Å². The molecule has 0 N–H and O–H groups in total. The Morgan fingerprint density at radius 1 is 0.944 bits per heavy atom. The quantitative estimate of drug-likeness (QED) is 0.540. The molecule has 2 heterocycles. The molecule has 2 amide bonds. The standard InChI is InChI=1S/C28H34N2O6/c1-19-7-10-21(11-8-19)30-25(31)14-12-22(27(30)20-9-13-23(34-2)24(17-20)35-3)28(33)36-18-26(32)29-15-5-4-6-16-29/h7-11,13,17,22,27H,4-6,12,14-16,18H2,1-3H3. The third kappa shape index (κ3) is 5.48. The zero-order chi connectivity index (χ0) is 25.7. The number of carbonyl (C=O) groups excluding carboxylic acids is 3. The van der Waals surface area contributed by atoms with Gasteiger partial charge in [-0.1, -0.05) is 23.8 Å². The number of methoxy groups -OCH3 is 2. The van der Waals surface area contributed by atoms with Crippen LogP contribution in [0.4, 0.5) is 5.69 Å². The second-order valence-electron chi connectivity index (χ2n) is 9.35. The fourth-order valence-electron chi connectivity index (χ4n) is 5.04. The van der Waals surface area contributed by atoms with E-state index in [1.165, 1.54) is 0 Å². The predicted octanol–water partition coefficient (Wildman–Crippen LogP) is 4.05. The van der Waals surface area contributed by atoms with Gasteiger partial charge in [-0.05, 0) is 62.4 Å². The molecule has 2 aromatic carbocycles. The molecule has 36 heavy (non-hydrogen) atoms. The first-order valence-electron chi connectivity index (χ1n) is 12.5. The van der Waals surface area contributed by atoms with Crippen LogP contribution in [0.3, 0.4) is 0 Å². The summed E-state index contributed by atoms with van der Waals surface area (Å²) in [6.07, 6.45) is 3.59. The molecular formula is C28H34N2O6. The van der Waals surface area contributed by atoms with Crippen molar-refractivity contribution in [1.82, 2.24) is 4.90 Å². The van der Waals surface area contributed by atoms with E-state index in [9.17, 15) is 14.4 Å². The molecule has 0 spiro atoms. The molecule has 8 nitrogen and oxygen atoms in total. The minimum Gasteiger partial charge on any atom is -0.493 e. The maximum absolute atomic E-state index is 13.4. The maximum Gasteiger partial charge on any atom is 0.311 e. The number of amides is 2. The van der Waals surface area contributed by atoms with E-state index in [1.54, 1.807) is 36.2 Å². The molecule has 0 radical (unpaired) electrons. The van der Waals surface area contributed by atoms with E-state index in [0.717, 1.165) is 30.4 Å². The van der Waals surface area contributed by atoms with E-state index in [2.05, 4.69) is 0 Å². The number of piperidine rings is 2. The summed E-state index contributed by atoms with van der Waals surface area (Å²) in [6.45, 7) is 3.09. The summed E-state index contributed by atoms with van der Waals surface area (Å²) in [5.74, 6) is -0.318. The van der Waals surface area contributed by atoms with Crippen molar-refractivity contribution in [3.05, 3.63) is 53.6 Å². The van der Waals surface area contributed by atoms with E-state index >= 15 is 0 Å². The Labute approximate surface area is 212 Å². The number of hydrogen-bond acceptors (Lipinski definition) is 6. The van der Waals surface area contributed by atoms with Gasteiger partial charge < -0.3 is 24.0 Å². The van der Waals surface area contributed by atoms with Gasteiger partial charge in [0.05, 0.1) is 26.2 Å². The molecule has 0 aliphatic carbocycles. The molecule has 192 valence electrons. The minimum atomic E-state index is -0.642. The number of rotatable bonds is 7. The molecule has 0 aromatic heterocycles. The zero-order valence-electron chi connectivity index (χ0n) is 21.2. The molecule has 0 saturated carbocycles. The second kappa shape index (κ2) is 11.5. The van der Waals surface area contributed by atoms with E-state index in [1.807, 2.05) is 37.3 Å². The minimum absolute atomic E-state index is 0.0768. The van der Waals surface area contributed by atoms with Crippen LogP contribution in [0.25, 0.3) is 0 Å². The first-order valence-corrected chi connectivity index (χ1v) is 12.5. The maximum atomic E-state index is 13.4. The van der Waals surface area contributed by atoms with Crippen molar-refractivity contribution in [2.45, 2.75) is 45.1 Å². The van der Waals surface area contributed by atoms with Gasteiger partial charge in [-0.2, -0.15) is 0 Å².